The summed E-state index contributed by atoms with van der Waals surface area (Å²) in [5.74, 6) is 0.575. The smallest absolute Gasteiger partial charge is 0.225 e. The van der Waals surface area contributed by atoms with E-state index in [0.717, 1.165) is 57.1 Å². The average molecular weight is 372 g/mol. The van der Waals surface area contributed by atoms with Gasteiger partial charge in [-0.05, 0) is 44.0 Å². The normalized spacial score (nSPS) is 25.2. The lowest BCUT2D eigenvalue weighted by Gasteiger charge is -2.38. The number of halogens is 2. The number of benzene rings is 1. The molecule has 2 heterocycles. The van der Waals surface area contributed by atoms with Gasteiger partial charge in [-0.3, -0.25) is 9.69 Å². The second-order valence-electron chi connectivity index (χ2n) is 6.81. The third kappa shape index (κ3) is 5.09. The van der Waals surface area contributed by atoms with Gasteiger partial charge in [0.05, 0.1) is 0 Å². The van der Waals surface area contributed by atoms with E-state index in [4.69, 9.17) is 11.6 Å². The molecule has 0 bridgehead atoms. The monoisotopic (exact) mass is 371 g/mol. The first-order valence-electron chi connectivity index (χ1n) is 8.61. The first kappa shape index (κ1) is 19.5. The zero-order valence-corrected chi connectivity index (χ0v) is 15.8. The summed E-state index contributed by atoms with van der Waals surface area (Å²) in [7, 11) is 0. The van der Waals surface area contributed by atoms with Crippen LogP contribution in [0.25, 0.3) is 0 Å². The Balaban J connectivity index is 0.00000208. The van der Waals surface area contributed by atoms with Crippen molar-refractivity contribution in [2.45, 2.75) is 32.4 Å². The van der Waals surface area contributed by atoms with Gasteiger partial charge < -0.3 is 10.2 Å². The number of hydrogen-bond acceptors (Lipinski definition) is 3. The van der Waals surface area contributed by atoms with E-state index in [1.54, 1.807) is 0 Å². The third-order valence-electron chi connectivity index (χ3n) is 4.95. The SMILES string of the molecule is C[C@H]1C[C@@H](C(=O)N2CCN(Cc3cccc(Cl)c3)CC2)CCN1.Cl. The molecule has 0 aromatic heterocycles. The van der Waals surface area contributed by atoms with Gasteiger partial charge >= 0.3 is 0 Å². The summed E-state index contributed by atoms with van der Waals surface area (Å²) >= 11 is 6.05. The van der Waals surface area contributed by atoms with E-state index in [1.165, 1.54) is 5.56 Å². The Morgan fingerprint density at radius 3 is 2.71 bits per heavy atom. The molecule has 0 unspecified atom stereocenters. The maximum atomic E-state index is 12.7. The highest BCUT2D eigenvalue weighted by Crippen LogP contribution is 2.20. The van der Waals surface area contributed by atoms with Crippen molar-refractivity contribution in [2.75, 3.05) is 32.7 Å². The van der Waals surface area contributed by atoms with Crippen LogP contribution in [0.3, 0.4) is 0 Å². The molecule has 134 valence electrons. The number of nitrogens with one attached hydrogen (secondary N) is 1. The molecule has 24 heavy (non-hydrogen) atoms. The van der Waals surface area contributed by atoms with Crippen LogP contribution in [0.2, 0.25) is 5.02 Å². The van der Waals surface area contributed by atoms with E-state index in [-0.39, 0.29) is 18.3 Å². The minimum Gasteiger partial charge on any atom is -0.340 e. The topological polar surface area (TPSA) is 35.6 Å². The highest BCUT2D eigenvalue weighted by Gasteiger charge is 2.30. The van der Waals surface area contributed by atoms with Crippen LogP contribution >= 0.6 is 24.0 Å². The molecule has 0 saturated carbocycles. The summed E-state index contributed by atoms with van der Waals surface area (Å²) in [4.78, 5) is 17.1. The van der Waals surface area contributed by atoms with Gasteiger partial charge in [-0.2, -0.15) is 0 Å². The fraction of sp³-hybridized carbons (Fsp3) is 0.611. The molecule has 2 saturated heterocycles. The molecule has 4 nitrogen and oxygen atoms in total. The maximum absolute atomic E-state index is 12.7. The molecule has 1 aromatic carbocycles. The van der Waals surface area contributed by atoms with Crippen molar-refractivity contribution in [2.24, 2.45) is 5.92 Å². The van der Waals surface area contributed by atoms with Crippen molar-refractivity contribution in [1.29, 1.82) is 0 Å². The summed E-state index contributed by atoms with van der Waals surface area (Å²) < 4.78 is 0. The molecule has 0 spiro atoms. The lowest BCUT2D eigenvalue weighted by atomic mass is 9.92. The molecule has 1 aromatic rings. The minimum atomic E-state index is 0. The van der Waals surface area contributed by atoms with Crippen LogP contribution in [0, 0.1) is 5.92 Å². The molecular weight excluding hydrogens is 345 g/mol. The third-order valence-corrected chi connectivity index (χ3v) is 5.19. The van der Waals surface area contributed by atoms with Gasteiger partial charge in [0.15, 0.2) is 0 Å². The summed E-state index contributed by atoms with van der Waals surface area (Å²) in [5.41, 5.74) is 1.24. The first-order valence-corrected chi connectivity index (χ1v) is 8.98. The summed E-state index contributed by atoms with van der Waals surface area (Å²) in [6.07, 6.45) is 1.95. The number of piperidine rings is 1. The van der Waals surface area contributed by atoms with Crippen LogP contribution in [0.1, 0.15) is 25.3 Å². The molecule has 1 N–H and O–H groups in total. The van der Waals surface area contributed by atoms with Gasteiger partial charge in [0, 0.05) is 49.7 Å². The molecule has 6 heteroatoms. The maximum Gasteiger partial charge on any atom is 0.225 e. The van der Waals surface area contributed by atoms with E-state index in [0.29, 0.717) is 11.9 Å². The highest BCUT2D eigenvalue weighted by molar-refractivity contribution is 6.30. The lowest BCUT2D eigenvalue weighted by molar-refractivity contribution is -0.138. The van der Waals surface area contributed by atoms with Crippen molar-refractivity contribution in [3.05, 3.63) is 34.9 Å². The second kappa shape index (κ2) is 9.04. The summed E-state index contributed by atoms with van der Waals surface area (Å²) in [6, 6.07) is 8.49. The van der Waals surface area contributed by atoms with Crippen LogP contribution in [-0.2, 0) is 11.3 Å². The van der Waals surface area contributed by atoms with Crippen LogP contribution in [0.5, 0.6) is 0 Å². The number of rotatable bonds is 3. The summed E-state index contributed by atoms with van der Waals surface area (Å²) in [5, 5.41) is 4.21. The number of nitrogens with zero attached hydrogens (tertiary/aromatic N) is 2. The Morgan fingerprint density at radius 1 is 1.29 bits per heavy atom. The van der Waals surface area contributed by atoms with Crippen LogP contribution in [0.15, 0.2) is 24.3 Å². The number of hydrogen-bond donors (Lipinski definition) is 1. The average Bonchev–Trinajstić information content (AvgIpc) is 2.55. The van der Waals surface area contributed by atoms with E-state index >= 15 is 0 Å². The molecule has 0 radical (unpaired) electrons. The van der Waals surface area contributed by atoms with Crippen LogP contribution < -0.4 is 5.32 Å². The standard InChI is InChI=1S/C18H26ClN3O.ClH/c1-14-11-16(5-6-20-14)18(23)22-9-7-21(8-10-22)13-15-3-2-4-17(19)12-15;/h2-4,12,14,16,20H,5-11,13H2,1H3;1H/t14-,16-;/m0./s1. The predicted molar refractivity (Wildman–Crippen MR) is 101 cm³/mol. The predicted octanol–water partition coefficient (Wildman–Crippen LogP) is 2.79. The van der Waals surface area contributed by atoms with Crippen LogP contribution in [0.4, 0.5) is 0 Å². The highest BCUT2D eigenvalue weighted by atomic mass is 35.5. The fourth-order valence-corrected chi connectivity index (χ4v) is 3.85. The number of piperazine rings is 1. The van der Waals surface area contributed by atoms with Gasteiger partial charge in [-0.15, -0.1) is 12.4 Å². The van der Waals surface area contributed by atoms with Crippen molar-refractivity contribution in [1.82, 2.24) is 15.1 Å². The Bertz CT molecular complexity index is 547. The van der Waals surface area contributed by atoms with Gasteiger partial charge in [0.2, 0.25) is 5.91 Å². The number of carbonyl (C=O) groups is 1. The molecular formula is C18H27Cl2N3O. The first-order chi connectivity index (χ1) is 11.1. The van der Waals surface area contributed by atoms with Crippen molar-refractivity contribution in [3.63, 3.8) is 0 Å². The Hall–Kier alpha value is -0.810. The van der Waals surface area contributed by atoms with Crippen molar-refractivity contribution < 1.29 is 4.79 Å². The van der Waals surface area contributed by atoms with E-state index in [2.05, 4.69) is 28.1 Å². The number of amides is 1. The van der Waals surface area contributed by atoms with Gasteiger partial charge in [0.1, 0.15) is 0 Å². The molecule has 2 fully saturated rings. The van der Waals surface area contributed by atoms with Crippen LogP contribution in [-0.4, -0.2) is 54.5 Å². The molecule has 3 rings (SSSR count). The minimum absolute atomic E-state index is 0. The largest absolute Gasteiger partial charge is 0.340 e. The quantitative estimate of drug-likeness (QED) is 0.886. The van der Waals surface area contributed by atoms with Gasteiger partial charge in [-0.1, -0.05) is 23.7 Å². The Kier molecular flexibility index (Phi) is 7.35. The second-order valence-corrected chi connectivity index (χ2v) is 7.24. The van der Waals surface area contributed by atoms with Crippen molar-refractivity contribution >= 4 is 29.9 Å². The van der Waals surface area contributed by atoms with Gasteiger partial charge in [0.25, 0.3) is 0 Å². The molecule has 2 aliphatic heterocycles. The molecule has 1 amide bonds. The number of carbonyl (C=O) groups excluding carboxylic acids is 1. The van der Waals surface area contributed by atoms with E-state index in [1.807, 2.05) is 18.2 Å². The van der Waals surface area contributed by atoms with E-state index in [9.17, 15) is 4.79 Å². The molecule has 2 aliphatic rings. The zero-order chi connectivity index (χ0) is 16.2. The van der Waals surface area contributed by atoms with Gasteiger partial charge in [-0.25, -0.2) is 0 Å². The van der Waals surface area contributed by atoms with Crippen molar-refractivity contribution in [3.8, 4) is 0 Å². The Morgan fingerprint density at radius 2 is 2.04 bits per heavy atom. The zero-order valence-electron chi connectivity index (χ0n) is 14.2. The summed E-state index contributed by atoms with van der Waals surface area (Å²) in [6.45, 7) is 7.62. The van der Waals surface area contributed by atoms with E-state index < -0.39 is 0 Å². The fourth-order valence-electron chi connectivity index (χ4n) is 3.63. The molecule has 0 aliphatic carbocycles. The lowest BCUT2D eigenvalue weighted by Crippen LogP contribution is -2.51. The molecule has 2 atom stereocenters. The Labute approximate surface area is 155 Å².